The minimum Gasteiger partial charge on any atom is -0.490 e. The second-order valence-corrected chi connectivity index (χ2v) is 10.5. The van der Waals surface area contributed by atoms with Gasteiger partial charge in [-0.15, -0.1) is 11.3 Å². The van der Waals surface area contributed by atoms with Gasteiger partial charge in [-0.1, -0.05) is 25.9 Å². The van der Waals surface area contributed by atoms with Crippen LogP contribution in [-0.2, 0) is 17.8 Å². The molecule has 0 saturated heterocycles. The smallest absolute Gasteiger partial charge is 0.268 e. The van der Waals surface area contributed by atoms with Crippen LogP contribution < -0.4 is 15.4 Å². The van der Waals surface area contributed by atoms with Crippen molar-refractivity contribution in [2.75, 3.05) is 39.8 Å². The zero-order valence-corrected chi connectivity index (χ0v) is 24.2. The van der Waals surface area contributed by atoms with Crippen molar-refractivity contribution in [2.45, 2.75) is 60.1 Å². The number of hydrogen-bond acceptors (Lipinski definition) is 9. The van der Waals surface area contributed by atoms with Gasteiger partial charge in [0.2, 0.25) is 11.7 Å². The highest BCUT2D eigenvalue weighted by atomic mass is 32.1. The molecule has 3 rings (SSSR count). The first-order chi connectivity index (χ1) is 18.3. The first-order valence-corrected chi connectivity index (χ1v) is 14.1. The maximum absolute atomic E-state index is 11.8. The van der Waals surface area contributed by atoms with Crippen molar-refractivity contribution >= 4 is 17.2 Å². The molecule has 0 aliphatic heterocycles. The highest BCUT2D eigenvalue weighted by molar-refractivity contribution is 7.15. The van der Waals surface area contributed by atoms with Gasteiger partial charge in [0.15, 0.2) is 0 Å². The van der Waals surface area contributed by atoms with Crippen molar-refractivity contribution in [1.82, 2.24) is 25.7 Å². The molecule has 0 radical (unpaired) electrons. The minimum absolute atomic E-state index is 0.0827. The van der Waals surface area contributed by atoms with Crippen LogP contribution in [0.3, 0.4) is 0 Å². The Bertz CT molecular complexity index is 1190. The lowest BCUT2D eigenvalue weighted by atomic mass is 10.0. The molecule has 10 heteroatoms. The molecule has 9 nitrogen and oxygen atoms in total. The van der Waals surface area contributed by atoms with Gasteiger partial charge in [0, 0.05) is 36.5 Å². The van der Waals surface area contributed by atoms with Crippen molar-refractivity contribution in [2.24, 2.45) is 0 Å². The lowest BCUT2D eigenvalue weighted by Gasteiger charge is -2.17. The third-order valence-corrected chi connectivity index (χ3v) is 7.68. The predicted molar refractivity (Wildman–Crippen MR) is 152 cm³/mol. The Morgan fingerprint density at radius 3 is 2.63 bits per heavy atom. The highest BCUT2D eigenvalue weighted by Gasteiger charge is 2.18. The zero-order valence-electron chi connectivity index (χ0n) is 23.4. The van der Waals surface area contributed by atoms with Crippen LogP contribution in [0.2, 0.25) is 0 Å². The van der Waals surface area contributed by atoms with Gasteiger partial charge in [-0.05, 0) is 75.3 Å². The van der Waals surface area contributed by atoms with Gasteiger partial charge in [-0.25, -0.2) is 0 Å². The number of nitrogens with zero attached hydrogens (tertiary/aromatic N) is 3. The van der Waals surface area contributed by atoms with E-state index in [0.29, 0.717) is 24.7 Å². The van der Waals surface area contributed by atoms with E-state index in [9.17, 15) is 9.90 Å². The number of carbonyl (C=O) groups excluding carboxylic acids is 1. The molecule has 208 valence electrons. The van der Waals surface area contributed by atoms with E-state index in [1.165, 1.54) is 10.4 Å². The molecule has 38 heavy (non-hydrogen) atoms. The number of aliphatic hydroxyl groups excluding tert-OH is 1. The Hall–Kier alpha value is -2.79. The van der Waals surface area contributed by atoms with Crippen molar-refractivity contribution in [3.63, 3.8) is 0 Å². The molecule has 0 aliphatic carbocycles. The van der Waals surface area contributed by atoms with Crippen LogP contribution >= 0.6 is 11.3 Å². The average molecular weight is 544 g/mol. The summed E-state index contributed by atoms with van der Waals surface area (Å²) in [6, 6.07) is 6.10. The molecule has 1 atom stereocenters. The molecule has 0 saturated carbocycles. The Morgan fingerprint density at radius 1 is 1.18 bits per heavy atom. The van der Waals surface area contributed by atoms with Crippen LogP contribution in [0.4, 0.5) is 0 Å². The third-order valence-electron chi connectivity index (χ3n) is 6.47. The summed E-state index contributed by atoms with van der Waals surface area (Å²) in [6.45, 7) is 14.3. The van der Waals surface area contributed by atoms with Gasteiger partial charge in [-0.2, -0.15) is 4.98 Å². The number of aryl methyl sites for hydroxylation is 3. The standard InChI is InChI=1S/C28H41N5O4S/c1-7-20-14-21(12-19(5)26(20)36-17-22(34)15-30-25(35)10-11-29-6)27-31-28(37-32-27)23-13-18(4)24(38-23)16-33(8-2)9-3/h12-14,22,29,34H,7-11,15-17H2,1-6H3,(H,30,35). The summed E-state index contributed by atoms with van der Waals surface area (Å²) >= 11 is 1.70. The molecule has 3 N–H and O–H groups in total. The van der Waals surface area contributed by atoms with Crippen molar-refractivity contribution in [3.05, 3.63) is 39.8 Å². The third kappa shape index (κ3) is 7.86. The molecule has 1 aromatic carbocycles. The Labute approximate surface area is 229 Å². The number of carbonyl (C=O) groups is 1. The fourth-order valence-electron chi connectivity index (χ4n) is 4.12. The van der Waals surface area contributed by atoms with Gasteiger partial charge in [-0.3, -0.25) is 9.69 Å². The summed E-state index contributed by atoms with van der Waals surface area (Å²) in [5, 5.41) is 20.2. The normalized spacial score (nSPS) is 12.2. The summed E-state index contributed by atoms with van der Waals surface area (Å²) in [7, 11) is 1.79. The Morgan fingerprint density at radius 2 is 1.95 bits per heavy atom. The van der Waals surface area contributed by atoms with Crippen LogP contribution in [0.5, 0.6) is 5.75 Å². The molecule has 3 aromatic rings. The molecule has 2 aromatic heterocycles. The largest absolute Gasteiger partial charge is 0.490 e. The predicted octanol–water partition coefficient (Wildman–Crippen LogP) is 3.95. The van der Waals surface area contributed by atoms with Gasteiger partial charge in [0.25, 0.3) is 5.89 Å². The van der Waals surface area contributed by atoms with Crippen molar-refractivity contribution < 1.29 is 19.2 Å². The van der Waals surface area contributed by atoms with E-state index in [-0.39, 0.29) is 19.1 Å². The van der Waals surface area contributed by atoms with E-state index in [4.69, 9.17) is 14.2 Å². The topological polar surface area (TPSA) is 113 Å². The Kier molecular flexibility index (Phi) is 11.3. The second-order valence-electron chi connectivity index (χ2n) is 9.36. The number of thiophene rings is 1. The Balaban J connectivity index is 1.69. The number of hydrogen-bond donors (Lipinski definition) is 3. The summed E-state index contributed by atoms with van der Waals surface area (Å²) in [4.78, 5) is 21.1. The lowest BCUT2D eigenvalue weighted by Crippen LogP contribution is -2.36. The molecule has 1 unspecified atom stereocenters. The van der Waals surface area contributed by atoms with Gasteiger partial charge in [0.1, 0.15) is 18.5 Å². The molecular formula is C28H41N5O4S. The SMILES string of the molecule is CCc1cc(-c2noc(-c3cc(C)c(CN(CC)CC)s3)n2)cc(C)c1OCC(O)CNC(=O)CCNC. The van der Waals surface area contributed by atoms with Gasteiger partial charge < -0.3 is 25.0 Å². The summed E-state index contributed by atoms with van der Waals surface area (Å²) in [6.07, 6.45) is 0.300. The minimum atomic E-state index is -0.807. The highest BCUT2D eigenvalue weighted by Crippen LogP contribution is 2.34. The maximum atomic E-state index is 11.8. The molecular weight excluding hydrogens is 502 g/mol. The summed E-state index contributed by atoms with van der Waals surface area (Å²) in [5.41, 5.74) is 4.01. The van der Waals surface area contributed by atoms with Crippen LogP contribution in [0.15, 0.2) is 22.7 Å². The molecule has 0 fully saturated rings. The van der Waals surface area contributed by atoms with E-state index < -0.39 is 6.10 Å². The zero-order chi connectivity index (χ0) is 27.7. The number of ether oxygens (including phenoxy) is 1. The van der Waals surface area contributed by atoms with E-state index in [2.05, 4.69) is 54.5 Å². The van der Waals surface area contributed by atoms with Gasteiger partial charge >= 0.3 is 0 Å². The molecule has 0 bridgehead atoms. The number of nitrogens with one attached hydrogen (secondary N) is 2. The molecule has 2 heterocycles. The fourth-order valence-corrected chi connectivity index (χ4v) is 5.25. The van der Waals surface area contributed by atoms with E-state index in [1.54, 1.807) is 18.4 Å². The average Bonchev–Trinajstić information content (AvgIpc) is 3.55. The van der Waals surface area contributed by atoms with Gasteiger partial charge in [0.05, 0.1) is 4.88 Å². The quantitative estimate of drug-likeness (QED) is 0.264. The number of benzene rings is 1. The molecule has 0 aliphatic rings. The number of amides is 1. The molecule has 1 amide bonds. The van der Waals surface area contributed by atoms with E-state index in [1.807, 2.05) is 19.1 Å². The summed E-state index contributed by atoms with van der Waals surface area (Å²) in [5.74, 6) is 1.68. The van der Waals surface area contributed by atoms with Crippen LogP contribution in [-0.4, -0.2) is 72.0 Å². The van der Waals surface area contributed by atoms with Crippen molar-refractivity contribution in [3.8, 4) is 27.9 Å². The maximum Gasteiger partial charge on any atom is 0.268 e. The first-order valence-electron chi connectivity index (χ1n) is 13.3. The fraction of sp³-hybridized carbons (Fsp3) is 0.536. The van der Waals surface area contributed by atoms with E-state index >= 15 is 0 Å². The number of aromatic nitrogens is 2. The molecule has 0 spiro atoms. The van der Waals surface area contributed by atoms with Crippen LogP contribution in [0.1, 0.15) is 48.8 Å². The van der Waals surface area contributed by atoms with Crippen LogP contribution in [0.25, 0.3) is 22.2 Å². The number of rotatable bonds is 15. The van der Waals surface area contributed by atoms with E-state index in [0.717, 1.165) is 53.4 Å². The summed E-state index contributed by atoms with van der Waals surface area (Å²) < 4.78 is 11.6. The van der Waals surface area contributed by atoms with Crippen molar-refractivity contribution in [1.29, 1.82) is 0 Å². The number of aliphatic hydroxyl groups is 1. The second kappa shape index (κ2) is 14.4. The lowest BCUT2D eigenvalue weighted by molar-refractivity contribution is -0.121. The first kappa shape index (κ1) is 29.8. The van der Waals surface area contributed by atoms with Crippen LogP contribution in [0, 0.1) is 13.8 Å². The monoisotopic (exact) mass is 543 g/mol.